The van der Waals surface area contributed by atoms with Gasteiger partial charge in [0.1, 0.15) is 17.4 Å². The molecule has 0 radical (unpaired) electrons. The lowest BCUT2D eigenvalue weighted by atomic mass is 9.96. The van der Waals surface area contributed by atoms with Gasteiger partial charge in [-0.2, -0.15) is 4.72 Å². The lowest BCUT2D eigenvalue weighted by Crippen LogP contribution is -2.40. The SMILES string of the molecule is O=C(O)[C@H](CCCCc1c[nH]c2ccccc12)NS(=O)(=O)c1ccc2c3c(oc2c1)CCCC3. The van der Waals surface area contributed by atoms with Crippen molar-refractivity contribution in [2.45, 2.75) is 62.3 Å². The lowest BCUT2D eigenvalue weighted by molar-refractivity contribution is -0.139. The molecule has 5 rings (SSSR count). The third-order valence-corrected chi connectivity index (χ3v) is 8.17. The first-order valence-corrected chi connectivity index (χ1v) is 13.2. The molecule has 2 aromatic heterocycles. The fraction of sp³-hybridized carbons (Fsp3) is 0.346. The van der Waals surface area contributed by atoms with E-state index in [4.69, 9.17) is 4.42 Å². The molecule has 1 atom stereocenters. The third kappa shape index (κ3) is 4.48. The number of unbranched alkanes of at least 4 members (excludes halogenated alkanes) is 1. The predicted octanol–water partition coefficient (Wildman–Crippen LogP) is 4.94. The molecule has 0 saturated carbocycles. The Bertz CT molecular complexity index is 1450. The molecule has 1 aliphatic rings. The fourth-order valence-corrected chi connectivity index (χ4v) is 6.14. The van der Waals surface area contributed by atoms with E-state index in [2.05, 4.69) is 15.8 Å². The monoisotopic (exact) mass is 480 g/mol. The van der Waals surface area contributed by atoms with Gasteiger partial charge in [0.05, 0.1) is 4.90 Å². The van der Waals surface area contributed by atoms with Gasteiger partial charge in [0.2, 0.25) is 10.0 Å². The molecule has 0 fully saturated rings. The largest absolute Gasteiger partial charge is 0.480 e. The van der Waals surface area contributed by atoms with Crippen LogP contribution in [0.25, 0.3) is 21.9 Å². The predicted molar refractivity (Wildman–Crippen MR) is 130 cm³/mol. The minimum atomic E-state index is -4.00. The summed E-state index contributed by atoms with van der Waals surface area (Å²) in [6, 6.07) is 11.7. The maximum atomic E-state index is 13.0. The van der Waals surface area contributed by atoms with Crippen molar-refractivity contribution in [3.05, 3.63) is 65.5 Å². The fourth-order valence-electron chi connectivity index (χ4n) is 4.90. The minimum absolute atomic E-state index is 0.0242. The summed E-state index contributed by atoms with van der Waals surface area (Å²) in [5.74, 6) is -0.243. The first-order valence-electron chi connectivity index (χ1n) is 11.8. The Hall–Kier alpha value is -3.10. The maximum Gasteiger partial charge on any atom is 0.321 e. The van der Waals surface area contributed by atoms with Crippen molar-refractivity contribution in [2.75, 3.05) is 0 Å². The molecule has 0 unspecified atom stereocenters. The number of para-hydroxylation sites is 1. The van der Waals surface area contributed by atoms with Crippen LogP contribution in [0.15, 0.2) is 58.0 Å². The topological polar surface area (TPSA) is 112 Å². The highest BCUT2D eigenvalue weighted by Gasteiger charge is 2.26. The van der Waals surface area contributed by atoms with Crippen molar-refractivity contribution in [1.29, 1.82) is 0 Å². The summed E-state index contributed by atoms with van der Waals surface area (Å²) in [4.78, 5) is 15.1. The first-order chi connectivity index (χ1) is 16.4. The molecule has 178 valence electrons. The highest BCUT2D eigenvalue weighted by molar-refractivity contribution is 7.89. The van der Waals surface area contributed by atoms with E-state index in [1.807, 2.05) is 24.4 Å². The van der Waals surface area contributed by atoms with Gasteiger partial charge in [-0.25, -0.2) is 8.42 Å². The number of rotatable bonds is 9. The van der Waals surface area contributed by atoms with E-state index >= 15 is 0 Å². The number of carboxylic acid groups (broad SMARTS) is 1. The molecule has 0 saturated heterocycles. The quantitative estimate of drug-likeness (QED) is 0.294. The molecular formula is C26H28N2O5S. The van der Waals surface area contributed by atoms with Crippen LogP contribution in [0.1, 0.15) is 49.0 Å². The Morgan fingerprint density at radius 1 is 1.09 bits per heavy atom. The van der Waals surface area contributed by atoms with Gasteiger partial charge in [-0.1, -0.05) is 24.6 Å². The third-order valence-electron chi connectivity index (χ3n) is 6.70. The van der Waals surface area contributed by atoms with Crippen molar-refractivity contribution in [1.82, 2.24) is 9.71 Å². The summed E-state index contributed by atoms with van der Waals surface area (Å²) in [5, 5.41) is 11.7. The normalized spacial score (nSPS) is 14.9. The molecule has 3 N–H and O–H groups in total. The van der Waals surface area contributed by atoms with Crippen LogP contribution in [0.2, 0.25) is 0 Å². The molecule has 0 bridgehead atoms. The van der Waals surface area contributed by atoms with Crippen molar-refractivity contribution in [3.8, 4) is 0 Å². The number of H-pyrrole nitrogens is 1. The van der Waals surface area contributed by atoms with E-state index in [1.54, 1.807) is 6.07 Å². The van der Waals surface area contributed by atoms with E-state index < -0.39 is 22.0 Å². The van der Waals surface area contributed by atoms with E-state index in [-0.39, 0.29) is 11.3 Å². The summed E-state index contributed by atoms with van der Waals surface area (Å²) >= 11 is 0. The number of aromatic nitrogens is 1. The Morgan fingerprint density at radius 3 is 2.76 bits per heavy atom. The van der Waals surface area contributed by atoms with Gasteiger partial charge in [-0.3, -0.25) is 4.79 Å². The summed E-state index contributed by atoms with van der Waals surface area (Å²) in [6.45, 7) is 0. The van der Waals surface area contributed by atoms with Crippen LogP contribution in [-0.2, 0) is 34.1 Å². The molecule has 1 aliphatic carbocycles. The molecule has 0 amide bonds. The molecule has 2 heterocycles. The Morgan fingerprint density at radius 2 is 1.91 bits per heavy atom. The number of sulfonamides is 1. The maximum absolute atomic E-state index is 13.0. The van der Waals surface area contributed by atoms with Crippen LogP contribution in [0.4, 0.5) is 0 Å². The summed E-state index contributed by atoms with van der Waals surface area (Å²) in [7, 11) is -4.00. The summed E-state index contributed by atoms with van der Waals surface area (Å²) in [5.41, 5.74) is 3.96. The zero-order chi connectivity index (χ0) is 23.7. The Kier molecular flexibility index (Phi) is 6.18. The van der Waals surface area contributed by atoms with Crippen molar-refractivity contribution >= 4 is 37.9 Å². The minimum Gasteiger partial charge on any atom is -0.480 e. The number of nitrogens with one attached hydrogen (secondary N) is 2. The summed E-state index contributed by atoms with van der Waals surface area (Å²) in [6.07, 6.45) is 8.31. The van der Waals surface area contributed by atoms with E-state index in [1.165, 1.54) is 17.7 Å². The Labute approximate surface area is 198 Å². The van der Waals surface area contributed by atoms with Gasteiger partial charge in [0.15, 0.2) is 0 Å². The average Bonchev–Trinajstić information content (AvgIpc) is 3.41. The van der Waals surface area contributed by atoms with Crippen molar-refractivity contribution < 1.29 is 22.7 Å². The smallest absolute Gasteiger partial charge is 0.321 e. The summed E-state index contributed by atoms with van der Waals surface area (Å²) < 4.78 is 34.3. The first kappa shape index (κ1) is 22.7. The highest BCUT2D eigenvalue weighted by atomic mass is 32.2. The second-order valence-electron chi connectivity index (χ2n) is 8.99. The van der Waals surface area contributed by atoms with Crippen molar-refractivity contribution in [3.63, 3.8) is 0 Å². The molecular weight excluding hydrogens is 452 g/mol. The number of benzene rings is 2. The Balaban J connectivity index is 1.24. The zero-order valence-electron chi connectivity index (χ0n) is 18.8. The number of furan rings is 1. The highest BCUT2D eigenvalue weighted by Crippen LogP contribution is 2.33. The van der Waals surface area contributed by atoms with Gasteiger partial charge in [0, 0.05) is 40.5 Å². The number of aryl methyl sites for hydroxylation is 3. The standard InChI is InChI=1S/C26H28N2O5S/c29-26(30)23(11-4-1-7-17-16-27-22-10-5-2-8-19(17)22)28-34(31,32)18-13-14-21-20-9-3-6-12-24(20)33-25(21)15-18/h2,5,8,10,13-16,23,27-28H,1,3-4,6-7,9,11-12H2,(H,29,30)/t23-/m0/s1. The van der Waals surface area contributed by atoms with Gasteiger partial charge in [0.25, 0.3) is 0 Å². The van der Waals surface area contributed by atoms with E-state index in [9.17, 15) is 18.3 Å². The average molecular weight is 481 g/mol. The van der Waals surface area contributed by atoms with Crippen LogP contribution in [0, 0.1) is 0 Å². The van der Waals surface area contributed by atoms with Gasteiger partial charge in [-0.15, -0.1) is 0 Å². The number of carboxylic acids is 1. The number of aliphatic carboxylic acids is 1. The van der Waals surface area contributed by atoms with Gasteiger partial charge >= 0.3 is 5.97 Å². The van der Waals surface area contributed by atoms with Crippen LogP contribution in [0.5, 0.6) is 0 Å². The van der Waals surface area contributed by atoms with Gasteiger partial charge in [-0.05, 0) is 62.3 Å². The second-order valence-corrected chi connectivity index (χ2v) is 10.7. The van der Waals surface area contributed by atoms with Crippen LogP contribution < -0.4 is 4.72 Å². The van der Waals surface area contributed by atoms with E-state index in [0.717, 1.165) is 66.1 Å². The number of aromatic amines is 1. The van der Waals surface area contributed by atoms with Crippen LogP contribution in [0.3, 0.4) is 0 Å². The van der Waals surface area contributed by atoms with Crippen LogP contribution >= 0.6 is 0 Å². The molecule has 2 aromatic carbocycles. The molecule has 4 aromatic rings. The molecule has 7 nitrogen and oxygen atoms in total. The molecule has 34 heavy (non-hydrogen) atoms. The number of carbonyl (C=O) groups is 1. The molecule has 8 heteroatoms. The van der Waals surface area contributed by atoms with Gasteiger partial charge < -0.3 is 14.5 Å². The second kappa shape index (κ2) is 9.27. The number of hydrogen-bond donors (Lipinski definition) is 3. The number of fused-ring (bicyclic) bond motifs is 4. The van der Waals surface area contributed by atoms with Crippen LogP contribution in [-0.4, -0.2) is 30.5 Å². The van der Waals surface area contributed by atoms with E-state index in [0.29, 0.717) is 12.0 Å². The molecule has 0 spiro atoms. The lowest BCUT2D eigenvalue weighted by Gasteiger charge is -2.15. The zero-order valence-corrected chi connectivity index (χ0v) is 19.7. The molecule has 0 aliphatic heterocycles. The van der Waals surface area contributed by atoms with Crippen molar-refractivity contribution in [2.24, 2.45) is 0 Å². The number of hydrogen-bond acceptors (Lipinski definition) is 4.